The lowest BCUT2D eigenvalue weighted by molar-refractivity contribution is 0.00928. The van der Waals surface area contributed by atoms with E-state index >= 15 is 0 Å². The standard InChI is InChI=1S/C12H17N3O/c1-12(5-2-6-16-12)11-14-9(8-3-4-8)7-10(13)15-11/h7-8H,2-6H2,1H3,(H2,13,14,15). The summed E-state index contributed by atoms with van der Waals surface area (Å²) in [6.07, 6.45) is 4.52. The lowest BCUT2D eigenvalue weighted by atomic mass is 10.0. The zero-order chi connectivity index (χ0) is 11.2. The zero-order valence-corrected chi connectivity index (χ0v) is 9.57. The number of aromatic nitrogens is 2. The van der Waals surface area contributed by atoms with Crippen LogP contribution in [0.25, 0.3) is 0 Å². The minimum atomic E-state index is -0.320. The summed E-state index contributed by atoms with van der Waals surface area (Å²) in [6.45, 7) is 2.86. The van der Waals surface area contributed by atoms with Gasteiger partial charge in [-0.05, 0) is 32.6 Å². The Balaban J connectivity index is 1.99. The number of nitrogens with zero attached hydrogens (tertiary/aromatic N) is 2. The first-order valence-electron chi connectivity index (χ1n) is 5.96. The second-order valence-electron chi connectivity index (χ2n) is 5.00. The van der Waals surface area contributed by atoms with E-state index in [2.05, 4.69) is 16.9 Å². The molecule has 86 valence electrons. The number of hydrogen-bond donors (Lipinski definition) is 1. The van der Waals surface area contributed by atoms with Gasteiger partial charge in [-0.1, -0.05) is 0 Å². The number of hydrogen-bond acceptors (Lipinski definition) is 4. The maximum absolute atomic E-state index is 5.84. The van der Waals surface area contributed by atoms with Crippen LogP contribution in [0.1, 0.15) is 50.0 Å². The van der Waals surface area contributed by atoms with Gasteiger partial charge in [0.1, 0.15) is 11.4 Å². The van der Waals surface area contributed by atoms with Crippen molar-refractivity contribution < 1.29 is 4.74 Å². The molecule has 3 rings (SSSR count). The summed E-state index contributed by atoms with van der Waals surface area (Å²) in [4.78, 5) is 8.97. The molecule has 2 heterocycles. The summed E-state index contributed by atoms with van der Waals surface area (Å²) in [5.41, 5.74) is 6.62. The highest BCUT2D eigenvalue weighted by Gasteiger charge is 2.36. The van der Waals surface area contributed by atoms with Gasteiger partial charge in [0.05, 0.1) is 0 Å². The van der Waals surface area contributed by atoms with E-state index in [0.717, 1.165) is 31.0 Å². The average Bonchev–Trinajstić information content (AvgIpc) is 3.01. The van der Waals surface area contributed by atoms with E-state index in [0.29, 0.717) is 11.7 Å². The Bertz CT molecular complexity index is 409. The van der Waals surface area contributed by atoms with Crippen molar-refractivity contribution in [3.05, 3.63) is 17.6 Å². The summed E-state index contributed by atoms with van der Waals surface area (Å²) < 4.78 is 5.76. The number of nitrogen functional groups attached to an aromatic ring is 1. The molecule has 0 bridgehead atoms. The molecule has 0 amide bonds. The smallest absolute Gasteiger partial charge is 0.162 e. The van der Waals surface area contributed by atoms with Crippen LogP contribution in [0.3, 0.4) is 0 Å². The van der Waals surface area contributed by atoms with Crippen LogP contribution in [0, 0.1) is 0 Å². The first-order valence-corrected chi connectivity index (χ1v) is 5.96. The topological polar surface area (TPSA) is 61.0 Å². The molecule has 2 fully saturated rings. The van der Waals surface area contributed by atoms with Crippen LogP contribution >= 0.6 is 0 Å². The van der Waals surface area contributed by atoms with Gasteiger partial charge in [0, 0.05) is 24.3 Å². The fraction of sp³-hybridized carbons (Fsp3) is 0.667. The van der Waals surface area contributed by atoms with Crippen LogP contribution in [-0.4, -0.2) is 16.6 Å². The third-order valence-electron chi connectivity index (χ3n) is 3.45. The second-order valence-corrected chi connectivity index (χ2v) is 5.00. The number of ether oxygens (including phenoxy) is 1. The Morgan fingerprint density at radius 1 is 1.44 bits per heavy atom. The zero-order valence-electron chi connectivity index (χ0n) is 9.57. The third kappa shape index (κ3) is 1.67. The van der Waals surface area contributed by atoms with Crippen molar-refractivity contribution in [1.82, 2.24) is 9.97 Å². The molecular weight excluding hydrogens is 202 g/mol. The highest BCUT2D eigenvalue weighted by molar-refractivity contribution is 5.34. The van der Waals surface area contributed by atoms with Crippen molar-refractivity contribution in [3.8, 4) is 0 Å². The number of anilines is 1. The molecule has 1 aliphatic heterocycles. The fourth-order valence-corrected chi connectivity index (χ4v) is 2.27. The Morgan fingerprint density at radius 2 is 2.25 bits per heavy atom. The predicted octanol–water partition coefficient (Wildman–Crippen LogP) is 1.96. The maximum Gasteiger partial charge on any atom is 0.162 e. The molecule has 1 saturated carbocycles. The normalized spacial score (nSPS) is 29.6. The highest BCUT2D eigenvalue weighted by Crippen LogP contribution is 2.41. The first-order chi connectivity index (χ1) is 7.67. The van der Waals surface area contributed by atoms with Crippen LogP contribution in [0.4, 0.5) is 5.82 Å². The number of rotatable bonds is 2. The summed E-state index contributed by atoms with van der Waals surface area (Å²) in [6, 6.07) is 1.90. The van der Waals surface area contributed by atoms with Crippen molar-refractivity contribution in [3.63, 3.8) is 0 Å². The summed E-state index contributed by atoms with van der Waals surface area (Å²) in [7, 11) is 0. The Morgan fingerprint density at radius 3 is 2.88 bits per heavy atom. The molecule has 0 spiro atoms. The molecule has 1 saturated heterocycles. The van der Waals surface area contributed by atoms with Crippen molar-refractivity contribution in [2.45, 2.75) is 44.1 Å². The largest absolute Gasteiger partial charge is 0.384 e. The average molecular weight is 219 g/mol. The van der Waals surface area contributed by atoms with E-state index in [1.54, 1.807) is 0 Å². The quantitative estimate of drug-likeness (QED) is 0.826. The predicted molar refractivity (Wildman–Crippen MR) is 61.0 cm³/mol. The van der Waals surface area contributed by atoms with Crippen LogP contribution in [-0.2, 0) is 10.3 Å². The van der Waals surface area contributed by atoms with E-state index in [9.17, 15) is 0 Å². The van der Waals surface area contributed by atoms with Crippen LogP contribution < -0.4 is 5.73 Å². The third-order valence-corrected chi connectivity index (χ3v) is 3.45. The van der Waals surface area contributed by atoms with Crippen molar-refractivity contribution in [1.29, 1.82) is 0 Å². The minimum absolute atomic E-state index is 0.320. The van der Waals surface area contributed by atoms with E-state index in [1.165, 1.54) is 12.8 Å². The Hall–Kier alpha value is -1.16. The van der Waals surface area contributed by atoms with E-state index < -0.39 is 0 Å². The van der Waals surface area contributed by atoms with Gasteiger partial charge in [0.25, 0.3) is 0 Å². The SMILES string of the molecule is CC1(c2nc(N)cc(C3CC3)n2)CCCO1. The highest BCUT2D eigenvalue weighted by atomic mass is 16.5. The van der Waals surface area contributed by atoms with Gasteiger partial charge in [0.2, 0.25) is 0 Å². The van der Waals surface area contributed by atoms with Gasteiger partial charge in [-0.25, -0.2) is 9.97 Å². The van der Waals surface area contributed by atoms with Gasteiger partial charge in [-0.3, -0.25) is 0 Å². The molecule has 0 radical (unpaired) electrons. The summed E-state index contributed by atoms with van der Waals surface area (Å²) in [5.74, 6) is 1.95. The molecule has 1 aromatic rings. The van der Waals surface area contributed by atoms with Crippen LogP contribution in [0.2, 0.25) is 0 Å². The summed E-state index contributed by atoms with van der Waals surface area (Å²) >= 11 is 0. The van der Waals surface area contributed by atoms with Gasteiger partial charge >= 0.3 is 0 Å². The lowest BCUT2D eigenvalue weighted by Gasteiger charge is -2.22. The van der Waals surface area contributed by atoms with Crippen molar-refractivity contribution >= 4 is 5.82 Å². The monoisotopic (exact) mass is 219 g/mol. The molecule has 4 nitrogen and oxygen atoms in total. The van der Waals surface area contributed by atoms with Gasteiger partial charge in [-0.2, -0.15) is 0 Å². The minimum Gasteiger partial charge on any atom is -0.384 e. The molecule has 1 unspecified atom stereocenters. The second kappa shape index (κ2) is 3.42. The van der Waals surface area contributed by atoms with Gasteiger partial charge < -0.3 is 10.5 Å². The molecule has 1 aliphatic carbocycles. The number of nitrogens with two attached hydrogens (primary N) is 1. The molecule has 0 aromatic carbocycles. The van der Waals surface area contributed by atoms with Crippen molar-refractivity contribution in [2.75, 3.05) is 12.3 Å². The molecule has 4 heteroatoms. The first kappa shape index (κ1) is 10.0. The van der Waals surface area contributed by atoms with Crippen LogP contribution in [0.5, 0.6) is 0 Å². The summed E-state index contributed by atoms with van der Waals surface area (Å²) in [5, 5.41) is 0. The maximum atomic E-state index is 5.84. The molecule has 2 aliphatic rings. The van der Waals surface area contributed by atoms with E-state index in [4.69, 9.17) is 10.5 Å². The van der Waals surface area contributed by atoms with E-state index in [1.807, 2.05) is 6.07 Å². The molecule has 1 atom stereocenters. The van der Waals surface area contributed by atoms with Gasteiger partial charge in [0.15, 0.2) is 5.82 Å². The van der Waals surface area contributed by atoms with Gasteiger partial charge in [-0.15, -0.1) is 0 Å². The molecular formula is C12H17N3O. The lowest BCUT2D eigenvalue weighted by Crippen LogP contribution is -2.24. The molecule has 2 N–H and O–H groups in total. The van der Waals surface area contributed by atoms with Crippen LogP contribution in [0.15, 0.2) is 6.07 Å². The Labute approximate surface area is 95.2 Å². The van der Waals surface area contributed by atoms with Crippen molar-refractivity contribution in [2.24, 2.45) is 0 Å². The van der Waals surface area contributed by atoms with E-state index in [-0.39, 0.29) is 5.60 Å². The molecule has 1 aromatic heterocycles. The Kier molecular flexibility index (Phi) is 2.14. The molecule has 16 heavy (non-hydrogen) atoms. The fourth-order valence-electron chi connectivity index (χ4n) is 2.27.